The Balaban J connectivity index is 1.85. The number of nitrogens with zero attached hydrogens (tertiary/aromatic N) is 2. The number of nitro benzene ring substituents is 1. The van der Waals surface area contributed by atoms with Crippen LogP contribution < -0.4 is 0 Å². The fourth-order valence-corrected chi connectivity index (χ4v) is 2.92. The Morgan fingerprint density at radius 3 is 2.42 bits per heavy atom. The zero-order valence-electron chi connectivity index (χ0n) is 13.3. The minimum absolute atomic E-state index is 0.0581. The molecular formula is C17H17ClN2O3S. The average Bonchev–Trinajstić information content (AvgIpc) is 2.54. The van der Waals surface area contributed by atoms with E-state index in [1.165, 1.54) is 12.1 Å². The molecule has 2 aromatic rings. The Labute approximate surface area is 149 Å². The Bertz CT molecular complexity index is 716. The summed E-state index contributed by atoms with van der Waals surface area (Å²) in [5.41, 5.74) is 0.878. The largest absolute Gasteiger partial charge is 0.391 e. The lowest BCUT2D eigenvalue weighted by Gasteiger charge is -2.18. The van der Waals surface area contributed by atoms with E-state index in [9.17, 15) is 10.1 Å². The summed E-state index contributed by atoms with van der Waals surface area (Å²) in [6, 6.07) is 13.8. The van der Waals surface area contributed by atoms with Crippen molar-refractivity contribution in [3.05, 3.63) is 69.2 Å². The summed E-state index contributed by atoms with van der Waals surface area (Å²) in [6.07, 6.45) is 1.73. The quantitative estimate of drug-likeness (QED) is 0.288. The first kappa shape index (κ1) is 18.3. The van der Waals surface area contributed by atoms with Crippen LogP contribution in [0.15, 0.2) is 58.6 Å². The van der Waals surface area contributed by atoms with Crippen LogP contribution in [0.2, 0.25) is 5.02 Å². The van der Waals surface area contributed by atoms with E-state index < -0.39 is 4.92 Å². The van der Waals surface area contributed by atoms with Gasteiger partial charge >= 0.3 is 0 Å². The van der Waals surface area contributed by atoms with Crippen molar-refractivity contribution in [1.82, 2.24) is 0 Å². The van der Waals surface area contributed by atoms with E-state index >= 15 is 0 Å². The van der Waals surface area contributed by atoms with Crippen molar-refractivity contribution < 1.29 is 9.76 Å². The molecule has 2 aromatic carbocycles. The lowest BCUT2D eigenvalue weighted by Crippen LogP contribution is -2.16. The molecule has 0 aliphatic carbocycles. The molecule has 126 valence electrons. The Hall–Kier alpha value is -2.05. The van der Waals surface area contributed by atoms with Crippen molar-refractivity contribution in [3.63, 3.8) is 0 Å². The predicted octanol–water partition coefficient (Wildman–Crippen LogP) is 5.32. The van der Waals surface area contributed by atoms with Crippen LogP contribution in [0, 0.1) is 10.1 Å². The highest BCUT2D eigenvalue weighted by Crippen LogP contribution is 2.31. The Morgan fingerprint density at radius 2 is 1.83 bits per heavy atom. The molecule has 0 aliphatic rings. The second-order valence-corrected chi connectivity index (χ2v) is 7.76. The highest BCUT2D eigenvalue weighted by atomic mass is 35.5. The molecule has 7 heteroatoms. The molecule has 5 nitrogen and oxygen atoms in total. The number of thioether (sulfide) groups is 1. The van der Waals surface area contributed by atoms with Crippen LogP contribution in [0.5, 0.6) is 0 Å². The molecule has 2 rings (SSSR count). The number of hydrogen-bond donors (Lipinski definition) is 0. The lowest BCUT2D eigenvalue weighted by atomic mass is 10.2. The first-order valence-corrected chi connectivity index (χ1v) is 8.39. The van der Waals surface area contributed by atoms with Gasteiger partial charge in [-0.25, -0.2) is 0 Å². The van der Waals surface area contributed by atoms with Crippen molar-refractivity contribution in [2.75, 3.05) is 0 Å². The Morgan fingerprint density at radius 1 is 1.21 bits per heavy atom. The molecule has 0 unspecified atom stereocenters. The highest BCUT2D eigenvalue weighted by Gasteiger charge is 2.17. The van der Waals surface area contributed by atoms with Gasteiger partial charge in [-0.05, 0) is 55.8 Å². The van der Waals surface area contributed by atoms with Crippen LogP contribution in [-0.4, -0.2) is 15.9 Å². The maximum Gasteiger partial charge on any atom is 0.269 e. The molecule has 0 fully saturated rings. The molecule has 0 heterocycles. The summed E-state index contributed by atoms with van der Waals surface area (Å²) in [4.78, 5) is 16.5. The number of oxime groups is 1. The third kappa shape index (κ3) is 5.86. The van der Waals surface area contributed by atoms with Gasteiger partial charge in [-0.15, -0.1) is 11.8 Å². The van der Waals surface area contributed by atoms with Crippen molar-refractivity contribution in [1.29, 1.82) is 0 Å². The molecule has 0 aliphatic heterocycles. The van der Waals surface area contributed by atoms with Crippen molar-refractivity contribution in [2.24, 2.45) is 5.16 Å². The molecule has 0 aromatic heterocycles. The zero-order valence-corrected chi connectivity index (χ0v) is 14.9. The van der Waals surface area contributed by atoms with Crippen molar-refractivity contribution >= 4 is 35.3 Å². The number of non-ortho nitro benzene ring substituents is 1. The first-order chi connectivity index (χ1) is 11.4. The highest BCUT2D eigenvalue weighted by molar-refractivity contribution is 8.01. The maximum atomic E-state index is 10.6. The average molecular weight is 365 g/mol. The van der Waals surface area contributed by atoms with E-state index in [2.05, 4.69) is 5.16 Å². The van der Waals surface area contributed by atoms with E-state index in [0.717, 1.165) is 10.5 Å². The van der Waals surface area contributed by atoms with Crippen LogP contribution in [0.25, 0.3) is 0 Å². The summed E-state index contributed by atoms with van der Waals surface area (Å²) in [5.74, 6) is 0. The van der Waals surface area contributed by atoms with Crippen LogP contribution in [-0.2, 0) is 11.4 Å². The van der Waals surface area contributed by atoms with E-state index in [1.54, 1.807) is 30.1 Å². The molecule has 0 atom stereocenters. The number of nitro groups is 1. The van der Waals surface area contributed by atoms with E-state index in [1.807, 2.05) is 38.1 Å². The standard InChI is InChI=1S/C17H17ClN2O3S/c1-17(2,24-16-9-5-14(18)6-10-16)12-19-23-11-13-3-7-15(8-4-13)20(21)22/h3-10,12H,11H2,1-2H3/b19-12+. The molecule has 0 amide bonds. The van der Waals surface area contributed by atoms with Gasteiger partial charge in [0.15, 0.2) is 0 Å². The van der Waals surface area contributed by atoms with Gasteiger partial charge in [0.05, 0.1) is 15.9 Å². The fraction of sp³-hybridized carbons (Fsp3) is 0.235. The topological polar surface area (TPSA) is 64.7 Å². The first-order valence-electron chi connectivity index (χ1n) is 7.20. The number of rotatable bonds is 7. The van der Waals surface area contributed by atoms with E-state index in [-0.39, 0.29) is 17.0 Å². The van der Waals surface area contributed by atoms with Gasteiger partial charge in [0.2, 0.25) is 0 Å². The summed E-state index contributed by atoms with van der Waals surface area (Å²) in [7, 11) is 0. The second kappa shape index (κ2) is 8.17. The monoisotopic (exact) mass is 364 g/mol. The Kier molecular flexibility index (Phi) is 6.23. The van der Waals surface area contributed by atoms with Gasteiger partial charge < -0.3 is 4.84 Å². The molecular weight excluding hydrogens is 348 g/mol. The second-order valence-electron chi connectivity index (χ2n) is 5.59. The smallest absolute Gasteiger partial charge is 0.269 e. The molecule has 0 spiro atoms. The van der Waals surface area contributed by atoms with Crippen LogP contribution in [0.1, 0.15) is 19.4 Å². The minimum atomic E-state index is -0.431. The van der Waals surface area contributed by atoms with Gasteiger partial charge in [-0.3, -0.25) is 10.1 Å². The molecule has 0 saturated heterocycles. The predicted molar refractivity (Wildman–Crippen MR) is 97.8 cm³/mol. The summed E-state index contributed by atoms with van der Waals surface area (Å²) < 4.78 is -0.247. The van der Waals surface area contributed by atoms with Gasteiger partial charge in [0.1, 0.15) is 6.61 Å². The fourth-order valence-electron chi connectivity index (χ4n) is 1.82. The third-order valence-electron chi connectivity index (χ3n) is 3.01. The molecule has 0 bridgehead atoms. The normalized spacial score (nSPS) is 11.6. The minimum Gasteiger partial charge on any atom is -0.391 e. The number of hydrogen-bond acceptors (Lipinski definition) is 5. The summed E-state index contributed by atoms with van der Waals surface area (Å²) in [6.45, 7) is 4.33. The summed E-state index contributed by atoms with van der Waals surface area (Å²) >= 11 is 7.52. The third-order valence-corrected chi connectivity index (χ3v) is 4.40. The number of halogens is 1. The van der Waals surface area contributed by atoms with Gasteiger partial charge in [0, 0.05) is 22.1 Å². The lowest BCUT2D eigenvalue weighted by molar-refractivity contribution is -0.384. The summed E-state index contributed by atoms with van der Waals surface area (Å²) in [5, 5.41) is 15.3. The SMILES string of the molecule is CC(C)(/C=N/OCc1ccc([N+](=O)[O-])cc1)Sc1ccc(Cl)cc1. The molecule has 0 radical (unpaired) electrons. The van der Waals surface area contributed by atoms with Gasteiger partial charge in [-0.1, -0.05) is 16.8 Å². The van der Waals surface area contributed by atoms with Crippen LogP contribution in [0.4, 0.5) is 5.69 Å². The maximum absolute atomic E-state index is 10.6. The van der Waals surface area contributed by atoms with E-state index in [0.29, 0.717) is 5.02 Å². The van der Waals surface area contributed by atoms with Crippen molar-refractivity contribution in [3.8, 4) is 0 Å². The van der Waals surface area contributed by atoms with E-state index in [4.69, 9.17) is 16.4 Å². The van der Waals surface area contributed by atoms with Gasteiger partial charge in [-0.2, -0.15) is 0 Å². The number of benzene rings is 2. The van der Waals surface area contributed by atoms with Crippen LogP contribution in [0.3, 0.4) is 0 Å². The van der Waals surface area contributed by atoms with Crippen molar-refractivity contribution in [2.45, 2.75) is 30.1 Å². The molecule has 0 saturated carbocycles. The zero-order chi connectivity index (χ0) is 17.6. The van der Waals surface area contributed by atoms with Crippen LogP contribution >= 0.6 is 23.4 Å². The van der Waals surface area contributed by atoms with Gasteiger partial charge in [0.25, 0.3) is 5.69 Å². The molecule has 0 N–H and O–H groups in total. The molecule has 24 heavy (non-hydrogen) atoms.